The summed E-state index contributed by atoms with van der Waals surface area (Å²) in [4.78, 5) is 26.5. The lowest BCUT2D eigenvalue weighted by molar-refractivity contribution is -0.119. The van der Waals surface area contributed by atoms with Crippen LogP contribution in [-0.4, -0.2) is 59.3 Å². The Morgan fingerprint density at radius 2 is 2.14 bits per heavy atom. The fourth-order valence-electron chi connectivity index (χ4n) is 3.80. The zero-order chi connectivity index (χ0) is 20.4. The highest BCUT2D eigenvalue weighted by atomic mass is 19.1. The number of cyclic esters (lactones) is 1. The minimum Gasteiger partial charge on any atom is -0.442 e. The molecule has 2 aromatic rings. The number of halogens is 1. The van der Waals surface area contributed by atoms with E-state index in [1.54, 1.807) is 18.3 Å². The normalized spacial score (nSPS) is 20.1. The quantitative estimate of drug-likeness (QED) is 0.819. The van der Waals surface area contributed by atoms with Crippen molar-refractivity contribution in [3.63, 3.8) is 0 Å². The minimum atomic E-state index is -0.541. The van der Waals surface area contributed by atoms with E-state index in [9.17, 15) is 14.0 Å². The van der Waals surface area contributed by atoms with Crippen molar-refractivity contribution in [2.45, 2.75) is 31.9 Å². The maximum absolute atomic E-state index is 14.8. The van der Waals surface area contributed by atoms with E-state index in [1.165, 1.54) is 17.9 Å². The highest BCUT2D eigenvalue weighted by Gasteiger charge is 2.33. The third-order valence-corrected chi connectivity index (χ3v) is 5.32. The fourth-order valence-corrected chi connectivity index (χ4v) is 3.80. The lowest BCUT2D eigenvalue weighted by Gasteiger charge is -2.33. The van der Waals surface area contributed by atoms with Crippen molar-refractivity contribution in [1.82, 2.24) is 20.3 Å². The number of rotatable bonds is 5. The number of hydrogen-bond donors (Lipinski definition) is 1. The fraction of sp³-hybridized carbons (Fsp3) is 0.474. The Bertz CT molecular complexity index is 882. The summed E-state index contributed by atoms with van der Waals surface area (Å²) in [5.41, 5.74) is 0.965. The number of piperidine rings is 1. The minimum absolute atomic E-state index is 0.192. The molecule has 1 aromatic carbocycles. The number of amides is 2. The third kappa shape index (κ3) is 4.15. The number of anilines is 2. The van der Waals surface area contributed by atoms with Gasteiger partial charge in [0.15, 0.2) is 0 Å². The molecule has 0 saturated carbocycles. The van der Waals surface area contributed by atoms with E-state index >= 15 is 0 Å². The zero-order valence-corrected chi connectivity index (χ0v) is 16.1. The van der Waals surface area contributed by atoms with Crippen LogP contribution in [0.15, 0.2) is 30.6 Å². The lowest BCUT2D eigenvalue weighted by atomic mass is 10.0. The van der Waals surface area contributed by atoms with Gasteiger partial charge in [-0.1, -0.05) is 5.21 Å². The maximum Gasteiger partial charge on any atom is 0.414 e. The van der Waals surface area contributed by atoms with E-state index in [0.29, 0.717) is 24.5 Å². The van der Waals surface area contributed by atoms with Crippen LogP contribution < -0.4 is 15.1 Å². The summed E-state index contributed by atoms with van der Waals surface area (Å²) in [6, 6.07) is 5.07. The summed E-state index contributed by atoms with van der Waals surface area (Å²) in [5.74, 6) is -0.567. The van der Waals surface area contributed by atoms with Gasteiger partial charge in [0.25, 0.3) is 0 Å². The Kier molecular flexibility index (Phi) is 5.32. The number of nitrogens with zero attached hydrogens (tertiary/aromatic N) is 5. The van der Waals surface area contributed by atoms with Crippen molar-refractivity contribution in [2.75, 3.05) is 36.0 Å². The van der Waals surface area contributed by atoms with Gasteiger partial charge in [0, 0.05) is 26.2 Å². The van der Waals surface area contributed by atoms with E-state index in [1.807, 2.05) is 15.8 Å². The number of ether oxygens (including phenoxy) is 1. The van der Waals surface area contributed by atoms with Crippen molar-refractivity contribution < 1.29 is 18.7 Å². The summed E-state index contributed by atoms with van der Waals surface area (Å²) < 4.78 is 21.9. The van der Waals surface area contributed by atoms with Crippen molar-refractivity contribution in [3.05, 3.63) is 36.4 Å². The van der Waals surface area contributed by atoms with Crippen molar-refractivity contribution in [3.8, 4) is 0 Å². The Labute approximate surface area is 167 Å². The summed E-state index contributed by atoms with van der Waals surface area (Å²) >= 11 is 0. The molecule has 154 valence electrons. The average molecular weight is 402 g/mol. The first-order valence-electron chi connectivity index (χ1n) is 9.64. The largest absolute Gasteiger partial charge is 0.442 e. The van der Waals surface area contributed by atoms with Crippen LogP contribution in [0.5, 0.6) is 0 Å². The highest BCUT2D eigenvalue weighted by Crippen LogP contribution is 2.31. The standard InChI is InChI=1S/C19H23FN6O3/c1-13(27)21-11-16-12-25(19(28)29-16)15-2-3-18(17(20)10-15)24-7-4-14(5-8-24)26-9-6-22-23-26/h2-3,6,9-10,14,16H,4-5,7-8,11-12H2,1H3,(H,21,27). The molecule has 0 bridgehead atoms. The van der Waals surface area contributed by atoms with Gasteiger partial charge < -0.3 is 15.0 Å². The van der Waals surface area contributed by atoms with Gasteiger partial charge in [0.05, 0.1) is 36.7 Å². The number of hydrogen-bond acceptors (Lipinski definition) is 6. The van der Waals surface area contributed by atoms with Crippen molar-refractivity contribution in [2.24, 2.45) is 0 Å². The second-order valence-electron chi connectivity index (χ2n) is 7.29. The molecule has 1 aromatic heterocycles. The molecule has 10 heteroatoms. The predicted octanol–water partition coefficient (Wildman–Crippen LogP) is 1.72. The molecule has 9 nitrogen and oxygen atoms in total. The molecule has 4 rings (SSSR count). The molecular formula is C19H23FN6O3. The van der Waals surface area contributed by atoms with Crippen LogP contribution in [0.25, 0.3) is 0 Å². The second kappa shape index (κ2) is 8.06. The van der Waals surface area contributed by atoms with Gasteiger partial charge in [0.2, 0.25) is 5.91 Å². The number of benzene rings is 1. The number of aromatic nitrogens is 3. The first kappa shape index (κ1) is 19.2. The van der Waals surface area contributed by atoms with Crippen LogP contribution in [0.3, 0.4) is 0 Å². The van der Waals surface area contributed by atoms with Gasteiger partial charge in [-0.15, -0.1) is 5.10 Å². The van der Waals surface area contributed by atoms with Gasteiger partial charge in [-0.3, -0.25) is 9.69 Å². The smallest absolute Gasteiger partial charge is 0.414 e. The zero-order valence-electron chi connectivity index (χ0n) is 16.1. The second-order valence-corrected chi connectivity index (χ2v) is 7.29. The molecule has 1 N–H and O–H groups in total. The monoisotopic (exact) mass is 402 g/mol. The Hall–Kier alpha value is -3.17. The Balaban J connectivity index is 1.39. The molecule has 2 amide bonds. The lowest BCUT2D eigenvalue weighted by Crippen LogP contribution is -2.35. The molecule has 0 spiro atoms. The molecule has 1 atom stereocenters. The average Bonchev–Trinajstić information content (AvgIpc) is 3.36. The highest BCUT2D eigenvalue weighted by molar-refractivity contribution is 5.90. The summed E-state index contributed by atoms with van der Waals surface area (Å²) in [6.07, 6.45) is 4.23. The maximum atomic E-state index is 14.8. The SMILES string of the molecule is CC(=O)NCC1CN(c2ccc(N3CCC(n4ccnn4)CC3)c(F)c2)C(=O)O1. The third-order valence-electron chi connectivity index (χ3n) is 5.32. The Morgan fingerprint density at radius 3 is 2.79 bits per heavy atom. The Morgan fingerprint density at radius 1 is 1.34 bits per heavy atom. The number of carbonyl (C=O) groups is 2. The topological polar surface area (TPSA) is 92.6 Å². The molecular weight excluding hydrogens is 379 g/mol. The van der Waals surface area contributed by atoms with E-state index in [0.717, 1.165) is 12.8 Å². The van der Waals surface area contributed by atoms with Crippen molar-refractivity contribution in [1.29, 1.82) is 0 Å². The van der Waals surface area contributed by atoms with Crippen LogP contribution >= 0.6 is 0 Å². The van der Waals surface area contributed by atoms with Gasteiger partial charge in [-0.25, -0.2) is 13.9 Å². The molecule has 1 unspecified atom stereocenters. The molecule has 3 heterocycles. The predicted molar refractivity (Wildman–Crippen MR) is 103 cm³/mol. The van der Waals surface area contributed by atoms with Gasteiger partial charge in [-0.05, 0) is 31.0 Å². The molecule has 0 radical (unpaired) electrons. The molecule has 2 saturated heterocycles. The number of nitrogens with one attached hydrogen (secondary N) is 1. The molecule has 0 aliphatic carbocycles. The van der Waals surface area contributed by atoms with E-state index in [4.69, 9.17) is 4.74 Å². The van der Waals surface area contributed by atoms with E-state index in [-0.39, 0.29) is 30.9 Å². The van der Waals surface area contributed by atoms with Gasteiger partial charge in [0.1, 0.15) is 11.9 Å². The first-order chi connectivity index (χ1) is 14.0. The van der Waals surface area contributed by atoms with Crippen LogP contribution in [0.1, 0.15) is 25.8 Å². The summed E-state index contributed by atoms with van der Waals surface area (Å²) in [6.45, 7) is 3.33. The van der Waals surface area contributed by atoms with Crippen LogP contribution in [0.4, 0.5) is 20.6 Å². The van der Waals surface area contributed by atoms with Gasteiger partial charge >= 0.3 is 6.09 Å². The summed E-state index contributed by atoms with van der Waals surface area (Å²) in [7, 11) is 0. The molecule has 2 fully saturated rings. The summed E-state index contributed by atoms with van der Waals surface area (Å²) in [5, 5.41) is 10.5. The van der Waals surface area contributed by atoms with E-state index < -0.39 is 12.2 Å². The first-order valence-corrected chi connectivity index (χ1v) is 9.64. The molecule has 2 aliphatic heterocycles. The number of carbonyl (C=O) groups excluding carboxylic acids is 2. The van der Waals surface area contributed by atoms with Crippen molar-refractivity contribution >= 4 is 23.4 Å². The van der Waals surface area contributed by atoms with Crippen LogP contribution in [0, 0.1) is 5.82 Å². The van der Waals surface area contributed by atoms with Gasteiger partial charge in [-0.2, -0.15) is 0 Å². The van der Waals surface area contributed by atoms with Crippen LogP contribution in [0.2, 0.25) is 0 Å². The molecule has 2 aliphatic rings. The molecule has 29 heavy (non-hydrogen) atoms. The van der Waals surface area contributed by atoms with E-state index in [2.05, 4.69) is 15.6 Å². The van der Waals surface area contributed by atoms with Crippen LogP contribution in [-0.2, 0) is 9.53 Å².